The minimum atomic E-state index is -4.32. The Morgan fingerprint density at radius 3 is 2.90 bits per heavy atom. The van der Waals surface area contributed by atoms with Crippen LogP contribution in [-0.4, -0.2) is 9.55 Å². The van der Waals surface area contributed by atoms with Crippen molar-refractivity contribution in [2.24, 2.45) is 5.73 Å². The summed E-state index contributed by atoms with van der Waals surface area (Å²) in [5.74, 6) is 0.777. The number of halogens is 3. The molecule has 0 bridgehead atoms. The first-order valence-electron chi connectivity index (χ1n) is 6.91. The maximum absolute atomic E-state index is 12.7. The zero-order valence-electron chi connectivity index (χ0n) is 11.4. The molecule has 21 heavy (non-hydrogen) atoms. The molecule has 2 aromatic rings. The molecule has 0 saturated heterocycles. The lowest BCUT2D eigenvalue weighted by atomic mass is 10.0. The van der Waals surface area contributed by atoms with Gasteiger partial charge in [0.05, 0.1) is 17.5 Å². The Morgan fingerprint density at radius 2 is 2.14 bits per heavy atom. The van der Waals surface area contributed by atoms with Crippen LogP contribution in [0.2, 0.25) is 0 Å². The molecule has 0 radical (unpaired) electrons. The van der Waals surface area contributed by atoms with Crippen LogP contribution in [0.4, 0.5) is 13.2 Å². The standard InChI is InChI=1S/C15H16F3N3/c16-15(17,18)11-4-1-3-10(7-11)8-14-20-9-13-12(19)5-2-6-21(13)14/h1,3-4,7,9,12H,2,5-6,8,19H2. The molecule has 3 rings (SSSR count). The van der Waals surface area contributed by atoms with Gasteiger partial charge in [-0.1, -0.05) is 18.2 Å². The number of alkyl halides is 3. The molecule has 2 N–H and O–H groups in total. The lowest BCUT2D eigenvalue weighted by molar-refractivity contribution is -0.137. The molecular weight excluding hydrogens is 279 g/mol. The van der Waals surface area contributed by atoms with Crippen LogP contribution in [0.3, 0.4) is 0 Å². The number of imidazole rings is 1. The molecule has 0 amide bonds. The van der Waals surface area contributed by atoms with Gasteiger partial charge in [-0.3, -0.25) is 0 Å². The fourth-order valence-corrected chi connectivity index (χ4v) is 2.78. The second kappa shape index (κ2) is 5.18. The highest BCUT2D eigenvalue weighted by molar-refractivity contribution is 5.28. The average molecular weight is 295 g/mol. The third kappa shape index (κ3) is 2.81. The van der Waals surface area contributed by atoms with E-state index in [0.717, 1.165) is 37.0 Å². The molecule has 1 aliphatic rings. The van der Waals surface area contributed by atoms with Crippen LogP contribution in [0, 0.1) is 0 Å². The van der Waals surface area contributed by atoms with Crippen LogP contribution in [-0.2, 0) is 19.1 Å². The highest BCUT2D eigenvalue weighted by Crippen LogP contribution is 2.30. The second-order valence-corrected chi connectivity index (χ2v) is 5.37. The molecule has 3 nitrogen and oxygen atoms in total. The highest BCUT2D eigenvalue weighted by Gasteiger charge is 2.30. The molecule has 1 aromatic carbocycles. The fourth-order valence-electron chi connectivity index (χ4n) is 2.78. The largest absolute Gasteiger partial charge is 0.416 e. The summed E-state index contributed by atoms with van der Waals surface area (Å²) in [5.41, 5.74) is 6.99. The molecule has 112 valence electrons. The van der Waals surface area contributed by atoms with Crippen molar-refractivity contribution >= 4 is 0 Å². The van der Waals surface area contributed by atoms with Gasteiger partial charge >= 0.3 is 6.18 Å². The van der Waals surface area contributed by atoms with Gasteiger partial charge in [0.25, 0.3) is 0 Å². The predicted molar refractivity (Wildman–Crippen MR) is 72.6 cm³/mol. The molecule has 6 heteroatoms. The van der Waals surface area contributed by atoms with E-state index in [1.54, 1.807) is 12.3 Å². The number of benzene rings is 1. The van der Waals surface area contributed by atoms with Crippen LogP contribution in [0.1, 0.15) is 41.5 Å². The highest BCUT2D eigenvalue weighted by atomic mass is 19.4. The molecule has 0 spiro atoms. The van der Waals surface area contributed by atoms with Crippen molar-refractivity contribution in [3.05, 3.63) is 53.1 Å². The zero-order valence-corrected chi connectivity index (χ0v) is 11.4. The number of hydrogen-bond acceptors (Lipinski definition) is 2. The smallest absolute Gasteiger partial charge is 0.330 e. The van der Waals surface area contributed by atoms with Crippen LogP contribution >= 0.6 is 0 Å². The van der Waals surface area contributed by atoms with Gasteiger partial charge in [0, 0.05) is 19.0 Å². The summed E-state index contributed by atoms with van der Waals surface area (Å²) < 4.78 is 40.2. The van der Waals surface area contributed by atoms with Crippen molar-refractivity contribution in [2.75, 3.05) is 0 Å². The van der Waals surface area contributed by atoms with E-state index in [9.17, 15) is 13.2 Å². The topological polar surface area (TPSA) is 43.8 Å². The Hall–Kier alpha value is -1.82. The Bertz CT molecular complexity index is 646. The maximum atomic E-state index is 12.7. The average Bonchev–Trinajstić information content (AvgIpc) is 2.83. The number of nitrogens with two attached hydrogens (primary N) is 1. The van der Waals surface area contributed by atoms with Gasteiger partial charge in [-0.05, 0) is 24.5 Å². The minimum Gasteiger partial charge on any atom is -0.330 e. The molecule has 0 aliphatic carbocycles. The van der Waals surface area contributed by atoms with Gasteiger partial charge in [-0.2, -0.15) is 13.2 Å². The monoisotopic (exact) mass is 295 g/mol. The number of hydrogen-bond donors (Lipinski definition) is 1. The summed E-state index contributed by atoms with van der Waals surface area (Å²) in [6.45, 7) is 0.831. The van der Waals surface area contributed by atoms with Crippen molar-refractivity contribution in [1.82, 2.24) is 9.55 Å². The Kier molecular flexibility index (Phi) is 3.49. The van der Waals surface area contributed by atoms with E-state index in [1.807, 2.05) is 4.57 Å². The van der Waals surface area contributed by atoms with Crippen molar-refractivity contribution in [3.8, 4) is 0 Å². The van der Waals surface area contributed by atoms with Gasteiger partial charge in [-0.15, -0.1) is 0 Å². The maximum Gasteiger partial charge on any atom is 0.416 e. The summed E-state index contributed by atoms with van der Waals surface area (Å²) in [4.78, 5) is 4.34. The van der Waals surface area contributed by atoms with Crippen molar-refractivity contribution in [3.63, 3.8) is 0 Å². The molecule has 2 heterocycles. The van der Waals surface area contributed by atoms with Gasteiger partial charge in [0.15, 0.2) is 0 Å². The summed E-state index contributed by atoms with van der Waals surface area (Å²) in [6, 6.07) is 5.37. The summed E-state index contributed by atoms with van der Waals surface area (Å²) in [5, 5.41) is 0. The van der Waals surface area contributed by atoms with E-state index in [-0.39, 0.29) is 6.04 Å². The van der Waals surface area contributed by atoms with E-state index in [0.29, 0.717) is 12.0 Å². The van der Waals surface area contributed by atoms with Crippen LogP contribution in [0.15, 0.2) is 30.5 Å². The first kappa shape index (κ1) is 14.1. The Morgan fingerprint density at radius 1 is 1.33 bits per heavy atom. The molecule has 0 saturated carbocycles. The van der Waals surface area contributed by atoms with Gasteiger partial charge in [0.2, 0.25) is 0 Å². The zero-order chi connectivity index (χ0) is 15.0. The third-order valence-corrected chi connectivity index (χ3v) is 3.86. The number of rotatable bonds is 2. The quantitative estimate of drug-likeness (QED) is 0.924. The Labute approximate surface area is 120 Å². The predicted octanol–water partition coefficient (Wildman–Crippen LogP) is 3.29. The lowest BCUT2D eigenvalue weighted by Crippen LogP contribution is -2.22. The number of nitrogens with zero attached hydrogens (tertiary/aromatic N) is 2. The first-order valence-corrected chi connectivity index (χ1v) is 6.91. The lowest BCUT2D eigenvalue weighted by Gasteiger charge is -2.22. The number of fused-ring (bicyclic) bond motifs is 1. The van der Waals surface area contributed by atoms with Crippen molar-refractivity contribution < 1.29 is 13.2 Å². The summed E-state index contributed by atoms with van der Waals surface area (Å²) in [6.07, 6.45) is -0.289. The fraction of sp³-hybridized carbons (Fsp3) is 0.400. The minimum absolute atomic E-state index is 0.0264. The van der Waals surface area contributed by atoms with Crippen LogP contribution in [0.5, 0.6) is 0 Å². The van der Waals surface area contributed by atoms with E-state index >= 15 is 0 Å². The second-order valence-electron chi connectivity index (χ2n) is 5.37. The van der Waals surface area contributed by atoms with E-state index in [4.69, 9.17) is 5.73 Å². The normalized spacial score (nSPS) is 18.6. The van der Waals surface area contributed by atoms with Gasteiger partial charge < -0.3 is 10.3 Å². The first-order chi connectivity index (χ1) is 9.95. The Balaban J connectivity index is 1.88. The molecule has 1 unspecified atom stereocenters. The van der Waals surface area contributed by atoms with E-state index in [1.165, 1.54) is 12.1 Å². The summed E-state index contributed by atoms with van der Waals surface area (Å²) >= 11 is 0. The summed E-state index contributed by atoms with van der Waals surface area (Å²) in [7, 11) is 0. The van der Waals surface area contributed by atoms with Crippen molar-refractivity contribution in [2.45, 2.75) is 38.0 Å². The van der Waals surface area contributed by atoms with Gasteiger partial charge in [-0.25, -0.2) is 4.98 Å². The molecule has 1 aromatic heterocycles. The van der Waals surface area contributed by atoms with Crippen LogP contribution < -0.4 is 5.73 Å². The van der Waals surface area contributed by atoms with E-state index < -0.39 is 11.7 Å². The molecule has 0 fully saturated rings. The SMILES string of the molecule is NC1CCCn2c1cnc2Cc1cccc(C(F)(F)F)c1. The van der Waals surface area contributed by atoms with Crippen LogP contribution in [0.25, 0.3) is 0 Å². The number of aromatic nitrogens is 2. The van der Waals surface area contributed by atoms with E-state index in [2.05, 4.69) is 4.98 Å². The molecule has 1 atom stereocenters. The third-order valence-electron chi connectivity index (χ3n) is 3.86. The molecular formula is C15H16F3N3. The van der Waals surface area contributed by atoms with Crippen molar-refractivity contribution in [1.29, 1.82) is 0 Å². The molecule has 1 aliphatic heterocycles. The van der Waals surface area contributed by atoms with Gasteiger partial charge in [0.1, 0.15) is 5.82 Å².